The fraction of sp³-hybridized carbons (Fsp3) is 0.478. The largest absolute Gasteiger partial charge is 0.0590 e. The van der Waals surface area contributed by atoms with Crippen molar-refractivity contribution < 1.29 is 0 Å². The Morgan fingerprint density at radius 3 is 1.87 bits per heavy atom. The molecule has 0 nitrogen and oxygen atoms in total. The van der Waals surface area contributed by atoms with Gasteiger partial charge in [-0.1, -0.05) is 69.7 Å². The molecule has 0 atom stereocenters. The highest BCUT2D eigenvalue weighted by Crippen LogP contribution is 2.46. The van der Waals surface area contributed by atoms with E-state index in [9.17, 15) is 0 Å². The molecule has 23 heavy (non-hydrogen) atoms. The second-order valence-corrected chi connectivity index (χ2v) is 8.75. The van der Waals surface area contributed by atoms with Gasteiger partial charge in [-0.15, -0.1) is 0 Å². The topological polar surface area (TPSA) is 0 Å². The lowest BCUT2D eigenvalue weighted by Crippen LogP contribution is -2.34. The molecule has 1 aliphatic rings. The third-order valence-electron chi connectivity index (χ3n) is 5.82. The van der Waals surface area contributed by atoms with Gasteiger partial charge in [0.15, 0.2) is 0 Å². The van der Waals surface area contributed by atoms with E-state index in [1.165, 1.54) is 35.1 Å². The molecular formula is C23H30. The molecule has 0 spiro atoms. The summed E-state index contributed by atoms with van der Waals surface area (Å²) >= 11 is 0. The number of rotatable bonds is 2. The van der Waals surface area contributed by atoms with Crippen LogP contribution in [-0.4, -0.2) is 0 Å². The fourth-order valence-corrected chi connectivity index (χ4v) is 3.88. The zero-order chi connectivity index (χ0) is 16.8. The standard InChI is InChI=1S/C23H30/c1-16-7-9-18(10-8-16)14-19-15-21-20(13-17(19)2)22(3,4)11-12-23(21,5)6/h7-10,13,15H,11-12,14H2,1-6H3. The highest BCUT2D eigenvalue weighted by atomic mass is 14.4. The number of benzene rings is 2. The average Bonchev–Trinajstić information content (AvgIpc) is 2.48. The summed E-state index contributed by atoms with van der Waals surface area (Å²) in [6.07, 6.45) is 3.60. The van der Waals surface area contributed by atoms with Crippen LogP contribution < -0.4 is 0 Å². The van der Waals surface area contributed by atoms with Gasteiger partial charge in [0.2, 0.25) is 0 Å². The van der Waals surface area contributed by atoms with Crippen LogP contribution in [-0.2, 0) is 17.3 Å². The molecule has 2 aromatic rings. The van der Waals surface area contributed by atoms with Gasteiger partial charge >= 0.3 is 0 Å². The molecule has 0 aromatic heterocycles. The minimum Gasteiger partial charge on any atom is -0.0590 e. The van der Waals surface area contributed by atoms with Crippen molar-refractivity contribution in [2.24, 2.45) is 0 Å². The number of fused-ring (bicyclic) bond motifs is 1. The van der Waals surface area contributed by atoms with Crippen molar-refractivity contribution in [3.63, 3.8) is 0 Å². The summed E-state index contributed by atoms with van der Waals surface area (Å²) in [5.74, 6) is 0. The van der Waals surface area contributed by atoms with Crippen LogP contribution in [0.15, 0.2) is 36.4 Å². The van der Waals surface area contributed by atoms with Crippen LogP contribution in [0.25, 0.3) is 0 Å². The van der Waals surface area contributed by atoms with Gasteiger partial charge in [-0.2, -0.15) is 0 Å². The maximum atomic E-state index is 2.51. The van der Waals surface area contributed by atoms with E-state index in [4.69, 9.17) is 0 Å². The third-order valence-corrected chi connectivity index (χ3v) is 5.82. The van der Waals surface area contributed by atoms with Gasteiger partial charge in [-0.05, 0) is 71.8 Å². The molecule has 0 amide bonds. The van der Waals surface area contributed by atoms with Crippen LogP contribution in [0.3, 0.4) is 0 Å². The van der Waals surface area contributed by atoms with E-state index >= 15 is 0 Å². The molecular weight excluding hydrogens is 276 g/mol. The second kappa shape index (κ2) is 5.51. The summed E-state index contributed by atoms with van der Waals surface area (Å²) in [5.41, 5.74) is 9.40. The molecule has 1 aliphatic carbocycles. The first-order valence-electron chi connectivity index (χ1n) is 8.89. The Balaban J connectivity index is 2.05. The summed E-state index contributed by atoms with van der Waals surface area (Å²) in [5, 5.41) is 0. The molecule has 0 N–H and O–H groups in total. The summed E-state index contributed by atoms with van der Waals surface area (Å²) < 4.78 is 0. The van der Waals surface area contributed by atoms with E-state index in [1.807, 2.05) is 0 Å². The Labute approximate surface area is 141 Å². The molecule has 0 saturated carbocycles. The quantitative estimate of drug-likeness (QED) is 0.615. The monoisotopic (exact) mass is 306 g/mol. The van der Waals surface area contributed by atoms with Gasteiger partial charge in [0, 0.05) is 0 Å². The number of hydrogen-bond acceptors (Lipinski definition) is 0. The Bertz CT molecular complexity index is 714. The number of aryl methyl sites for hydroxylation is 2. The van der Waals surface area contributed by atoms with Gasteiger partial charge in [0.05, 0.1) is 0 Å². The molecule has 0 aliphatic heterocycles. The van der Waals surface area contributed by atoms with Crippen LogP contribution >= 0.6 is 0 Å². The van der Waals surface area contributed by atoms with Gasteiger partial charge in [0.25, 0.3) is 0 Å². The molecule has 0 heteroatoms. The molecule has 0 heterocycles. The predicted octanol–water partition coefficient (Wildman–Crippen LogP) is 6.24. The van der Waals surface area contributed by atoms with E-state index in [2.05, 4.69) is 77.9 Å². The fourth-order valence-electron chi connectivity index (χ4n) is 3.88. The maximum absolute atomic E-state index is 2.51. The molecule has 0 saturated heterocycles. The van der Waals surface area contributed by atoms with E-state index < -0.39 is 0 Å². The van der Waals surface area contributed by atoms with E-state index in [-0.39, 0.29) is 0 Å². The van der Waals surface area contributed by atoms with Crippen molar-refractivity contribution in [3.8, 4) is 0 Å². The highest BCUT2D eigenvalue weighted by molar-refractivity contribution is 5.48. The minimum atomic E-state index is 0.292. The van der Waals surface area contributed by atoms with Crippen molar-refractivity contribution in [2.75, 3.05) is 0 Å². The van der Waals surface area contributed by atoms with Crippen LogP contribution in [0, 0.1) is 13.8 Å². The van der Waals surface area contributed by atoms with Crippen LogP contribution in [0.4, 0.5) is 0 Å². The van der Waals surface area contributed by atoms with Crippen LogP contribution in [0.5, 0.6) is 0 Å². The van der Waals surface area contributed by atoms with E-state index in [1.54, 1.807) is 11.1 Å². The molecule has 122 valence electrons. The van der Waals surface area contributed by atoms with Gasteiger partial charge in [-0.3, -0.25) is 0 Å². The molecule has 0 fully saturated rings. The lowest BCUT2D eigenvalue weighted by Gasteiger charge is -2.42. The molecule has 2 aromatic carbocycles. The van der Waals surface area contributed by atoms with Crippen LogP contribution in [0.1, 0.15) is 73.9 Å². The normalized spacial score (nSPS) is 18.5. The second-order valence-electron chi connectivity index (χ2n) is 8.75. The third kappa shape index (κ3) is 3.09. The SMILES string of the molecule is Cc1ccc(Cc2cc3c(cc2C)C(C)(C)CCC3(C)C)cc1. The first kappa shape index (κ1) is 16.3. The Morgan fingerprint density at radius 2 is 1.30 bits per heavy atom. The molecule has 3 rings (SSSR count). The smallest absolute Gasteiger partial charge is 0.00230 e. The number of hydrogen-bond donors (Lipinski definition) is 0. The Morgan fingerprint density at radius 1 is 0.783 bits per heavy atom. The summed E-state index contributed by atoms with van der Waals surface area (Å²) in [4.78, 5) is 0. The summed E-state index contributed by atoms with van der Waals surface area (Å²) in [6.45, 7) is 14.1. The first-order valence-corrected chi connectivity index (χ1v) is 8.89. The van der Waals surface area contributed by atoms with Crippen molar-refractivity contribution >= 4 is 0 Å². The zero-order valence-corrected chi connectivity index (χ0v) is 15.6. The minimum absolute atomic E-state index is 0.292. The summed E-state index contributed by atoms with van der Waals surface area (Å²) in [6, 6.07) is 13.9. The van der Waals surface area contributed by atoms with Crippen molar-refractivity contribution in [1.82, 2.24) is 0 Å². The van der Waals surface area contributed by atoms with Crippen molar-refractivity contribution in [1.29, 1.82) is 0 Å². The van der Waals surface area contributed by atoms with Crippen molar-refractivity contribution in [2.45, 2.75) is 71.6 Å². The van der Waals surface area contributed by atoms with Crippen LogP contribution in [0.2, 0.25) is 0 Å². The van der Waals surface area contributed by atoms with Crippen molar-refractivity contribution in [3.05, 3.63) is 69.8 Å². The summed E-state index contributed by atoms with van der Waals surface area (Å²) in [7, 11) is 0. The average molecular weight is 306 g/mol. The lowest BCUT2D eigenvalue weighted by molar-refractivity contribution is 0.331. The molecule has 0 radical (unpaired) electrons. The maximum Gasteiger partial charge on any atom is -0.00230 e. The van der Waals surface area contributed by atoms with Gasteiger partial charge in [-0.25, -0.2) is 0 Å². The lowest BCUT2D eigenvalue weighted by atomic mass is 9.62. The molecule has 0 unspecified atom stereocenters. The van der Waals surface area contributed by atoms with Gasteiger partial charge < -0.3 is 0 Å². The molecule has 0 bridgehead atoms. The highest BCUT2D eigenvalue weighted by Gasteiger charge is 2.37. The van der Waals surface area contributed by atoms with E-state index in [0.29, 0.717) is 10.8 Å². The first-order chi connectivity index (χ1) is 10.7. The Hall–Kier alpha value is -1.56. The van der Waals surface area contributed by atoms with E-state index in [0.717, 1.165) is 6.42 Å². The van der Waals surface area contributed by atoms with Gasteiger partial charge in [0.1, 0.15) is 0 Å². The zero-order valence-electron chi connectivity index (χ0n) is 15.6. The Kier molecular flexibility index (Phi) is 3.91. The predicted molar refractivity (Wildman–Crippen MR) is 100 cm³/mol.